The van der Waals surface area contributed by atoms with Gasteiger partial charge < -0.3 is 10.2 Å². The fourth-order valence-electron chi connectivity index (χ4n) is 2.47. The Labute approximate surface area is 114 Å². The van der Waals surface area contributed by atoms with Crippen LogP contribution in [0.5, 0.6) is 0 Å². The molecule has 0 spiro atoms. The zero-order valence-corrected chi connectivity index (χ0v) is 12.0. The number of likely N-dealkylation sites (N-methyl/N-ethyl adjacent to an activating group) is 1. The normalized spacial score (nSPS) is 18.4. The molecule has 1 atom stereocenters. The molecule has 3 nitrogen and oxygen atoms in total. The molecule has 0 aromatic carbocycles. The largest absolute Gasteiger partial charge is 0.351 e. The van der Waals surface area contributed by atoms with Crippen molar-refractivity contribution in [3.63, 3.8) is 0 Å². The topological polar surface area (TPSA) is 28.2 Å². The molecule has 0 aliphatic heterocycles. The summed E-state index contributed by atoms with van der Waals surface area (Å²) in [5.41, 5.74) is 1.28. The van der Waals surface area contributed by atoms with Crippen LogP contribution >= 0.6 is 11.3 Å². The fourth-order valence-corrected chi connectivity index (χ4v) is 3.55. The maximum Gasteiger partial charge on any atom is 0.183 e. The molecular weight excluding hydrogens is 242 g/mol. The predicted octanol–water partition coefficient (Wildman–Crippen LogP) is 2.39. The molecule has 0 fully saturated rings. The number of nitrogens with one attached hydrogen (secondary N) is 1. The molecule has 0 saturated carbocycles. The molecule has 0 radical (unpaired) electrons. The van der Waals surface area contributed by atoms with Gasteiger partial charge in [-0.25, -0.2) is 4.98 Å². The summed E-state index contributed by atoms with van der Waals surface area (Å²) in [5, 5.41) is 4.16. The smallest absolute Gasteiger partial charge is 0.183 e. The van der Waals surface area contributed by atoms with E-state index < -0.39 is 0 Å². The number of rotatable bonds is 5. The number of terminal acetylenes is 1. The Balaban J connectivity index is 2.00. The van der Waals surface area contributed by atoms with Gasteiger partial charge in [-0.05, 0) is 39.3 Å². The van der Waals surface area contributed by atoms with E-state index in [0.29, 0.717) is 12.6 Å². The van der Waals surface area contributed by atoms with E-state index in [1.807, 2.05) is 0 Å². The molecular formula is C14H21N3S. The van der Waals surface area contributed by atoms with Crippen molar-refractivity contribution in [1.82, 2.24) is 9.88 Å². The Bertz CT molecular complexity index is 433. The number of anilines is 1. The molecule has 1 N–H and O–H groups in total. The van der Waals surface area contributed by atoms with Gasteiger partial charge in [-0.15, -0.1) is 17.8 Å². The third kappa shape index (κ3) is 3.04. The van der Waals surface area contributed by atoms with Crippen LogP contribution < -0.4 is 5.32 Å². The lowest BCUT2D eigenvalue weighted by Gasteiger charge is -2.30. The maximum absolute atomic E-state index is 5.25. The van der Waals surface area contributed by atoms with Crippen LogP contribution in [-0.4, -0.2) is 36.1 Å². The molecule has 1 aliphatic rings. The highest BCUT2D eigenvalue weighted by molar-refractivity contribution is 7.15. The first-order valence-corrected chi connectivity index (χ1v) is 7.42. The number of nitrogens with zero attached hydrogens (tertiary/aromatic N) is 2. The summed E-state index contributed by atoms with van der Waals surface area (Å²) >= 11 is 1.77. The van der Waals surface area contributed by atoms with Gasteiger partial charge in [0.1, 0.15) is 0 Å². The van der Waals surface area contributed by atoms with Crippen molar-refractivity contribution >= 4 is 16.5 Å². The van der Waals surface area contributed by atoms with E-state index in [9.17, 15) is 0 Å². The summed E-state index contributed by atoms with van der Waals surface area (Å²) in [4.78, 5) is 8.54. The number of hydrogen-bond acceptors (Lipinski definition) is 4. The van der Waals surface area contributed by atoms with Crippen LogP contribution in [0.2, 0.25) is 0 Å². The van der Waals surface area contributed by atoms with E-state index in [1.54, 1.807) is 11.3 Å². The van der Waals surface area contributed by atoms with Crippen molar-refractivity contribution in [2.24, 2.45) is 0 Å². The molecule has 4 heteroatoms. The van der Waals surface area contributed by atoms with Gasteiger partial charge in [0.15, 0.2) is 5.13 Å². The van der Waals surface area contributed by atoms with E-state index in [2.05, 4.69) is 35.1 Å². The monoisotopic (exact) mass is 263 g/mol. The van der Waals surface area contributed by atoms with Crippen molar-refractivity contribution < 1.29 is 0 Å². The molecule has 2 rings (SSSR count). The van der Waals surface area contributed by atoms with Gasteiger partial charge in [0.05, 0.1) is 12.2 Å². The molecule has 0 bridgehead atoms. The first-order valence-electron chi connectivity index (χ1n) is 6.60. The van der Waals surface area contributed by atoms with E-state index in [4.69, 9.17) is 6.42 Å². The van der Waals surface area contributed by atoms with Crippen molar-refractivity contribution in [1.29, 1.82) is 0 Å². The van der Waals surface area contributed by atoms with Gasteiger partial charge in [0, 0.05) is 10.9 Å². The Morgan fingerprint density at radius 3 is 3.17 bits per heavy atom. The Morgan fingerprint density at radius 2 is 2.44 bits per heavy atom. The number of fused-ring (bicyclic) bond motifs is 1. The van der Waals surface area contributed by atoms with Crippen LogP contribution in [0.15, 0.2) is 0 Å². The van der Waals surface area contributed by atoms with Crippen LogP contribution in [0.25, 0.3) is 0 Å². The average molecular weight is 263 g/mol. The molecule has 0 amide bonds. The minimum absolute atomic E-state index is 0.561. The lowest BCUT2D eigenvalue weighted by atomic mass is 9.96. The highest BCUT2D eigenvalue weighted by Crippen LogP contribution is 2.31. The Morgan fingerprint density at radius 1 is 1.61 bits per heavy atom. The fraction of sp³-hybridized carbons (Fsp3) is 0.643. The van der Waals surface area contributed by atoms with Gasteiger partial charge in [-0.2, -0.15) is 0 Å². The quantitative estimate of drug-likeness (QED) is 0.827. The molecule has 98 valence electrons. The van der Waals surface area contributed by atoms with Crippen LogP contribution in [0.3, 0.4) is 0 Å². The Kier molecular flexibility index (Phi) is 4.62. The summed E-state index contributed by atoms with van der Waals surface area (Å²) in [6.07, 6.45) is 9.93. The van der Waals surface area contributed by atoms with Crippen molar-refractivity contribution in [2.75, 3.05) is 25.5 Å². The molecule has 1 unspecified atom stereocenters. The summed E-state index contributed by atoms with van der Waals surface area (Å²) in [7, 11) is 2.23. The van der Waals surface area contributed by atoms with Crippen LogP contribution in [0.4, 0.5) is 5.13 Å². The summed E-state index contributed by atoms with van der Waals surface area (Å²) in [6, 6.07) is 0.679. The lowest BCUT2D eigenvalue weighted by molar-refractivity contribution is 0.223. The highest BCUT2D eigenvalue weighted by Gasteiger charge is 2.24. The van der Waals surface area contributed by atoms with Gasteiger partial charge in [0.25, 0.3) is 0 Å². The summed E-state index contributed by atoms with van der Waals surface area (Å²) < 4.78 is 0. The molecule has 1 aliphatic carbocycles. The van der Waals surface area contributed by atoms with Gasteiger partial charge in [0.2, 0.25) is 0 Å². The van der Waals surface area contributed by atoms with E-state index in [-0.39, 0.29) is 0 Å². The zero-order valence-electron chi connectivity index (χ0n) is 11.2. The third-order valence-corrected chi connectivity index (χ3v) is 4.53. The van der Waals surface area contributed by atoms with E-state index in [1.165, 1.54) is 30.0 Å². The molecule has 18 heavy (non-hydrogen) atoms. The van der Waals surface area contributed by atoms with Gasteiger partial charge >= 0.3 is 0 Å². The minimum atomic E-state index is 0.561. The number of hydrogen-bond donors (Lipinski definition) is 1. The number of thiazole rings is 1. The second kappa shape index (κ2) is 6.21. The molecule has 0 saturated heterocycles. The minimum Gasteiger partial charge on any atom is -0.351 e. The predicted molar refractivity (Wildman–Crippen MR) is 78.2 cm³/mol. The summed E-state index contributed by atoms with van der Waals surface area (Å²) in [5.74, 6) is 2.59. The molecule has 1 heterocycles. The average Bonchev–Trinajstić information content (AvgIpc) is 2.78. The van der Waals surface area contributed by atoms with Crippen molar-refractivity contribution in [3.05, 3.63) is 10.6 Å². The summed E-state index contributed by atoms with van der Waals surface area (Å²) in [6.45, 7) is 3.98. The van der Waals surface area contributed by atoms with Crippen LogP contribution in [0.1, 0.15) is 30.3 Å². The first kappa shape index (κ1) is 13.4. The number of aryl methyl sites for hydroxylation is 1. The number of aromatic nitrogens is 1. The second-order valence-electron chi connectivity index (χ2n) is 4.82. The van der Waals surface area contributed by atoms with Crippen molar-refractivity contribution in [2.45, 2.75) is 38.6 Å². The SMILES string of the molecule is C#CCNc1nc2c(s1)CC(N(C)CCC)CC2. The zero-order chi connectivity index (χ0) is 13.0. The Hall–Kier alpha value is -1.05. The molecule has 1 aromatic rings. The maximum atomic E-state index is 5.25. The second-order valence-corrected chi connectivity index (χ2v) is 5.91. The third-order valence-electron chi connectivity index (χ3n) is 3.45. The van der Waals surface area contributed by atoms with Crippen molar-refractivity contribution in [3.8, 4) is 12.3 Å². The van der Waals surface area contributed by atoms with Crippen LogP contribution in [0, 0.1) is 12.3 Å². The first-order chi connectivity index (χ1) is 8.74. The van der Waals surface area contributed by atoms with Crippen LogP contribution in [-0.2, 0) is 12.8 Å². The lowest BCUT2D eigenvalue weighted by Crippen LogP contribution is -2.36. The standard InChI is InChI=1S/C14H21N3S/c1-4-8-15-14-16-12-7-6-11(10-13(12)18-14)17(3)9-5-2/h1,11H,5-10H2,2-3H3,(H,15,16). The van der Waals surface area contributed by atoms with Gasteiger partial charge in [-0.1, -0.05) is 12.8 Å². The molecule has 1 aromatic heterocycles. The van der Waals surface area contributed by atoms with Gasteiger partial charge in [-0.3, -0.25) is 0 Å². The van der Waals surface area contributed by atoms with E-state index in [0.717, 1.165) is 18.0 Å². The van der Waals surface area contributed by atoms with E-state index >= 15 is 0 Å². The highest BCUT2D eigenvalue weighted by atomic mass is 32.1.